The summed E-state index contributed by atoms with van der Waals surface area (Å²) in [5, 5.41) is 0. The second kappa shape index (κ2) is 8.13. The van der Waals surface area contributed by atoms with Gasteiger partial charge in [-0.15, -0.1) is 0 Å². The number of hydrogen-bond acceptors (Lipinski definition) is 3. The molecule has 4 heteroatoms. The van der Waals surface area contributed by atoms with Crippen molar-refractivity contribution < 1.29 is 12.6 Å². The van der Waals surface area contributed by atoms with E-state index in [9.17, 15) is 8.42 Å². The molecule has 0 amide bonds. The third-order valence-electron chi connectivity index (χ3n) is 6.41. The summed E-state index contributed by atoms with van der Waals surface area (Å²) in [7, 11) is -3.96. The Morgan fingerprint density at radius 3 is 1.62 bits per heavy atom. The van der Waals surface area contributed by atoms with Crippen LogP contribution in [0.1, 0.15) is 80.5 Å². The Morgan fingerprint density at radius 2 is 1.15 bits per heavy atom. The molecule has 0 bridgehead atoms. The minimum absolute atomic E-state index is 0.00114. The summed E-state index contributed by atoms with van der Waals surface area (Å²) in [5.41, 5.74) is 7.31. The van der Waals surface area contributed by atoms with Crippen LogP contribution >= 0.6 is 0 Å². The SMILES string of the molecule is Cc1cc(C)c2c(c1)C(c1ccc(C(C)(C)C)cc1)=C(c1ccc(C(C)(C)C)cc1)OS2(=O)=O. The zero-order valence-electron chi connectivity index (χ0n) is 21.4. The highest BCUT2D eigenvalue weighted by molar-refractivity contribution is 7.87. The Hall–Kier alpha value is -2.85. The van der Waals surface area contributed by atoms with Crippen LogP contribution in [0.5, 0.6) is 0 Å². The van der Waals surface area contributed by atoms with E-state index in [2.05, 4.69) is 77.9 Å². The van der Waals surface area contributed by atoms with Crippen LogP contribution in [-0.2, 0) is 25.1 Å². The Kier molecular flexibility index (Phi) is 5.80. The highest BCUT2D eigenvalue weighted by atomic mass is 32.2. The molecule has 1 aliphatic heterocycles. The third-order valence-corrected chi connectivity index (χ3v) is 7.84. The quantitative estimate of drug-likeness (QED) is 0.360. The molecule has 0 radical (unpaired) electrons. The minimum Gasteiger partial charge on any atom is -0.378 e. The summed E-state index contributed by atoms with van der Waals surface area (Å²) in [6.07, 6.45) is 0. The van der Waals surface area contributed by atoms with E-state index in [-0.39, 0.29) is 15.7 Å². The van der Waals surface area contributed by atoms with Crippen LogP contribution in [0.25, 0.3) is 11.3 Å². The van der Waals surface area contributed by atoms with E-state index < -0.39 is 10.1 Å². The normalized spacial score (nSPS) is 15.6. The van der Waals surface area contributed by atoms with Crippen molar-refractivity contribution in [1.29, 1.82) is 0 Å². The van der Waals surface area contributed by atoms with Crippen molar-refractivity contribution in [1.82, 2.24) is 0 Å². The molecule has 3 nitrogen and oxygen atoms in total. The van der Waals surface area contributed by atoms with Crippen LogP contribution in [0.15, 0.2) is 65.6 Å². The van der Waals surface area contributed by atoms with Gasteiger partial charge in [-0.05, 0) is 53.0 Å². The van der Waals surface area contributed by atoms with Gasteiger partial charge in [0.15, 0.2) is 5.76 Å². The van der Waals surface area contributed by atoms with Gasteiger partial charge in [-0.3, -0.25) is 0 Å². The van der Waals surface area contributed by atoms with Gasteiger partial charge in [-0.2, -0.15) is 8.42 Å². The van der Waals surface area contributed by atoms with Crippen LogP contribution in [0.3, 0.4) is 0 Å². The lowest BCUT2D eigenvalue weighted by Crippen LogP contribution is -2.18. The third kappa shape index (κ3) is 4.44. The topological polar surface area (TPSA) is 43.4 Å². The van der Waals surface area contributed by atoms with Gasteiger partial charge in [0.05, 0.1) is 0 Å². The predicted octanol–water partition coefficient (Wildman–Crippen LogP) is 7.53. The summed E-state index contributed by atoms with van der Waals surface area (Å²) in [6.45, 7) is 16.8. The Morgan fingerprint density at radius 1 is 0.676 bits per heavy atom. The standard InChI is InChI=1S/C30H34O3S/c1-19-17-20(2)28-25(18-19)26(21-9-13-23(14-10-21)29(3,4)5)27(33-34(28,31)32)22-11-15-24(16-12-22)30(6,7)8/h9-18H,1-8H3. The van der Waals surface area contributed by atoms with Crippen molar-refractivity contribution in [2.75, 3.05) is 0 Å². The first-order valence-electron chi connectivity index (χ1n) is 11.7. The number of rotatable bonds is 2. The predicted molar refractivity (Wildman–Crippen MR) is 140 cm³/mol. The van der Waals surface area contributed by atoms with Crippen LogP contribution in [0.4, 0.5) is 0 Å². The minimum atomic E-state index is -3.96. The van der Waals surface area contributed by atoms with Crippen LogP contribution in [0.2, 0.25) is 0 Å². The van der Waals surface area contributed by atoms with E-state index in [1.165, 1.54) is 11.1 Å². The van der Waals surface area contributed by atoms with E-state index >= 15 is 0 Å². The van der Waals surface area contributed by atoms with Crippen molar-refractivity contribution in [3.8, 4) is 0 Å². The van der Waals surface area contributed by atoms with Crippen LogP contribution < -0.4 is 0 Å². The fourth-order valence-electron chi connectivity index (χ4n) is 4.52. The smallest absolute Gasteiger partial charge is 0.340 e. The van der Waals surface area contributed by atoms with Crippen molar-refractivity contribution >= 4 is 21.5 Å². The molecular weight excluding hydrogens is 440 g/mol. The van der Waals surface area contributed by atoms with Crippen molar-refractivity contribution in [2.24, 2.45) is 0 Å². The molecule has 0 fully saturated rings. The van der Waals surface area contributed by atoms with Gasteiger partial charge < -0.3 is 4.18 Å². The number of aryl methyl sites for hydroxylation is 2. The molecule has 178 valence electrons. The summed E-state index contributed by atoms with van der Waals surface area (Å²) in [4.78, 5) is 0.253. The Balaban J connectivity index is 2.02. The number of benzene rings is 3. The summed E-state index contributed by atoms with van der Waals surface area (Å²) >= 11 is 0. The molecular formula is C30H34O3S. The zero-order chi connectivity index (χ0) is 25.1. The first kappa shape index (κ1) is 24.3. The van der Waals surface area contributed by atoms with E-state index in [0.717, 1.165) is 22.3 Å². The van der Waals surface area contributed by atoms with E-state index in [0.29, 0.717) is 16.9 Å². The average molecular weight is 475 g/mol. The van der Waals surface area contributed by atoms with Crippen molar-refractivity contribution in [3.63, 3.8) is 0 Å². The molecule has 4 rings (SSSR count). The second-order valence-electron chi connectivity index (χ2n) is 11.4. The first-order valence-corrected chi connectivity index (χ1v) is 13.1. The molecule has 0 spiro atoms. The fraction of sp³-hybridized carbons (Fsp3) is 0.333. The molecule has 1 heterocycles. The Bertz CT molecular complexity index is 1380. The number of hydrogen-bond donors (Lipinski definition) is 0. The van der Waals surface area contributed by atoms with E-state index in [1.807, 2.05) is 38.1 Å². The van der Waals surface area contributed by atoms with Gasteiger partial charge in [0, 0.05) is 16.7 Å². The monoisotopic (exact) mass is 474 g/mol. The highest BCUT2D eigenvalue weighted by Crippen LogP contribution is 2.44. The molecule has 34 heavy (non-hydrogen) atoms. The maximum absolute atomic E-state index is 13.3. The lowest BCUT2D eigenvalue weighted by Gasteiger charge is -2.27. The molecule has 0 unspecified atom stereocenters. The van der Waals surface area contributed by atoms with Gasteiger partial charge in [0.25, 0.3) is 0 Å². The first-order chi connectivity index (χ1) is 15.7. The zero-order valence-corrected chi connectivity index (χ0v) is 22.2. The van der Waals surface area contributed by atoms with E-state index in [1.54, 1.807) is 0 Å². The largest absolute Gasteiger partial charge is 0.378 e. The molecule has 0 aliphatic carbocycles. The maximum Gasteiger partial charge on any atom is 0.340 e. The molecule has 3 aromatic carbocycles. The lowest BCUT2D eigenvalue weighted by atomic mass is 9.84. The van der Waals surface area contributed by atoms with Gasteiger partial charge in [0.1, 0.15) is 4.90 Å². The van der Waals surface area contributed by atoms with Gasteiger partial charge in [-0.25, -0.2) is 0 Å². The van der Waals surface area contributed by atoms with E-state index in [4.69, 9.17) is 4.18 Å². The van der Waals surface area contributed by atoms with Gasteiger partial charge in [0.2, 0.25) is 0 Å². The van der Waals surface area contributed by atoms with Crippen LogP contribution in [-0.4, -0.2) is 8.42 Å². The van der Waals surface area contributed by atoms with Gasteiger partial charge in [-0.1, -0.05) is 102 Å². The highest BCUT2D eigenvalue weighted by Gasteiger charge is 2.35. The summed E-state index contributed by atoms with van der Waals surface area (Å²) in [6, 6.07) is 20.3. The molecule has 0 N–H and O–H groups in total. The average Bonchev–Trinajstić information content (AvgIpc) is 2.71. The molecule has 1 aliphatic rings. The van der Waals surface area contributed by atoms with Crippen molar-refractivity contribution in [3.05, 3.63) is 99.6 Å². The molecule has 0 saturated carbocycles. The van der Waals surface area contributed by atoms with Crippen molar-refractivity contribution in [2.45, 2.75) is 71.1 Å². The fourth-order valence-corrected chi connectivity index (χ4v) is 5.89. The summed E-state index contributed by atoms with van der Waals surface area (Å²) in [5.74, 6) is 0.376. The summed E-state index contributed by atoms with van der Waals surface area (Å²) < 4.78 is 32.5. The lowest BCUT2D eigenvalue weighted by molar-refractivity contribution is 0.460. The molecule has 0 aromatic heterocycles. The maximum atomic E-state index is 13.3. The molecule has 0 atom stereocenters. The Labute approximate surface area is 204 Å². The number of fused-ring (bicyclic) bond motifs is 1. The molecule has 3 aromatic rings. The van der Waals surface area contributed by atoms with Crippen LogP contribution in [0, 0.1) is 13.8 Å². The van der Waals surface area contributed by atoms with Gasteiger partial charge >= 0.3 is 10.1 Å². The molecule has 0 saturated heterocycles. The second-order valence-corrected chi connectivity index (χ2v) is 12.8.